The highest BCUT2D eigenvalue weighted by molar-refractivity contribution is 5.92. The van der Waals surface area contributed by atoms with Gasteiger partial charge in [0.15, 0.2) is 0 Å². The summed E-state index contributed by atoms with van der Waals surface area (Å²) in [5, 5.41) is 1.06. The van der Waals surface area contributed by atoms with Crippen molar-refractivity contribution in [1.82, 2.24) is 9.55 Å². The number of fused-ring (bicyclic) bond motifs is 4. The highest BCUT2D eigenvalue weighted by atomic mass is 19.1. The SMILES string of the molecule is CC.CC(=O)OCc1c(C)cc2n(c1=O)Cc1c-2nc2cc(F)c(C)c3c2c1CCC3. The minimum atomic E-state index is -0.417. The first kappa shape index (κ1) is 21.2. The summed E-state index contributed by atoms with van der Waals surface area (Å²) in [5.41, 5.74) is 7.27. The Balaban J connectivity index is 0.00000112. The molecule has 0 fully saturated rings. The molecule has 0 bridgehead atoms. The molecule has 0 unspecified atom stereocenters. The Morgan fingerprint density at radius 1 is 1.16 bits per heavy atom. The molecule has 162 valence electrons. The predicted molar refractivity (Wildman–Crippen MR) is 119 cm³/mol. The van der Waals surface area contributed by atoms with E-state index in [4.69, 9.17) is 9.72 Å². The molecular weight excluding hydrogens is 395 g/mol. The van der Waals surface area contributed by atoms with Gasteiger partial charge in [-0.15, -0.1) is 0 Å². The zero-order valence-corrected chi connectivity index (χ0v) is 18.7. The van der Waals surface area contributed by atoms with Gasteiger partial charge in [-0.25, -0.2) is 9.37 Å². The van der Waals surface area contributed by atoms with E-state index < -0.39 is 5.97 Å². The maximum absolute atomic E-state index is 14.5. The van der Waals surface area contributed by atoms with Crippen molar-refractivity contribution in [3.05, 3.63) is 61.7 Å². The second-order valence-corrected chi connectivity index (χ2v) is 7.99. The van der Waals surface area contributed by atoms with Crippen LogP contribution >= 0.6 is 0 Å². The van der Waals surface area contributed by atoms with Gasteiger partial charge in [-0.3, -0.25) is 9.59 Å². The Morgan fingerprint density at radius 3 is 2.58 bits per heavy atom. The van der Waals surface area contributed by atoms with Gasteiger partial charge in [-0.05, 0) is 61.4 Å². The van der Waals surface area contributed by atoms with Crippen LogP contribution in [0.5, 0.6) is 0 Å². The molecule has 0 amide bonds. The first-order chi connectivity index (χ1) is 14.9. The minimum absolute atomic E-state index is 0.0343. The molecule has 0 saturated heterocycles. The van der Waals surface area contributed by atoms with Gasteiger partial charge in [0.05, 0.1) is 29.0 Å². The summed E-state index contributed by atoms with van der Waals surface area (Å²) in [6.45, 7) is 9.41. The van der Waals surface area contributed by atoms with Crippen LogP contribution < -0.4 is 5.56 Å². The number of hydrogen-bond donors (Lipinski definition) is 0. The van der Waals surface area contributed by atoms with Crippen LogP contribution in [0.3, 0.4) is 0 Å². The number of rotatable bonds is 2. The van der Waals surface area contributed by atoms with E-state index in [9.17, 15) is 14.0 Å². The summed E-state index contributed by atoms with van der Waals surface area (Å²) in [4.78, 5) is 29.1. The smallest absolute Gasteiger partial charge is 0.302 e. The number of benzene rings is 1. The molecule has 0 N–H and O–H groups in total. The first-order valence-corrected chi connectivity index (χ1v) is 10.9. The molecule has 0 atom stereocenters. The predicted octanol–water partition coefficient (Wildman–Crippen LogP) is 4.76. The number of esters is 1. The second-order valence-electron chi connectivity index (χ2n) is 7.99. The van der Waals surface area contributed by atoms with Gasteiger partial charge in [0.1, 0.15) is 12.4 Å². The molecule has 0 radical (unpaired) electrons. The normalized spacial score (nSPS) is 13.4. The average Bonchev–Trinajstić information content (AvgIpc) is 3.12. The lowest BCUT2D eigenvalue weighted by Crippen LogP contribution is -2.25. The van der Waals surface area contributed by atoms with Crippen LogP contribution in [0.1, 0.15) is 60.6 Å². The summed E-state index contributed by atoms with van der Waals surface area (Å²) in [6, 6.07) is 3.44. The maximum atomic E-state index is 14.5. The molecule has 1 aliphatic carbocycles. The molecule has 2 aliphatic rings. The summed E-state index contributed by atoms with van der Waals surface area (Å²) < 4.78 is 21.3. The van der Waals surface area contributed by atoms with E-state index in [1.807, 2.05) is 33.8 Å². The summed E-state index contributed by atoms with van der Waals surface area (Å²) in [7, 11) is 0. The van der Waals surface area contributed by atoms with Crippen molar-refractivity contribution in [3.8, 4) is 11.4 Å². The van der Waals surface area contributed by atoms with E-state index in [2.05, 4.69) is 0 Å². The quantitative estimate of drug-likeness (QED) is 0.437. The monoisotopic (exact) mass is 422 g/mol. The van der Waals surface area contributed by atoms with Crippen molar-refractivity contribution in [2.24, 2.45) is 0 Å². The highest BCUT2D eigenvalue weighted by Crippen LogP contribution is 2.41. The van der Waals surface area contributed by atoms with Gasteiger partial charge in [0, 0.05) is 23.9 Å². The maximum Gasteiger partial charge on any atom is 0.302 e. The van der Waals surface area contributed by atoms with Crippen LogP contribution in [0.4, 0.5) is 4.39 Å². The fourth-order valence-corrected chi connectivity index (χ4v) is 4.78. The number of aromatic nitrogens is 2. The van der Waals surface area contributed by atoms with E-state index in [-0.39, 0.29) is 18.0 Å². The molecule has 1 aromatic carbocycles. The zero-order valence-electron chi connectivity index (χ0n) is 18.7. The van der Waals surface area contributed by atoms with Crippen LogP contribution in [0.2, 0.25) is 0 Å². The lowest BCUT2D eigenvalue weighted by Gasteiger charge is -2.21. The largest absolute Gasteiger partial charge is 0.461 e. The molecule has 3 heterocycles. The Bertz CT molecular complexity index is 1290. The third-order valence-electron chi connectivity index (χ3n) is 6.27. The molecule has 31 heavy (non-hydrogen) atoms. The fraction of sp³-hybridized carbons (Fsp3) is 0.400. The Labute approximate surface area is 180 Å². The zero-order chi connectivity index (χ0) is 22.4. The van der Waals surface area contributed by atoms with Gasteiger partial charge < -0.3 is 9.30 Å². The van der Waals surface area contributed by atoms with Gasteiger partial charge in [0.2, 0.25) is 0 Å². The molecule has 5 rings (SSSR count). The van der Waals surface area contributed by atoms with Crippen molar-refractivity contribution < 1.29 is 13.9 Å². The van der Waals surface area contributed by atoms with Gasteiger partial charge in [0.25, 0.3) is 5.56 Å². The fourth-order valence-electron chi connectivity index (χ4n) is 4.78. The number of pyridine rings is 2. The van der Waals surface area contributed by atoms with Crippen LogP contribution in [0.15, 0.2) is 16.9 Å². The lowest BCUT2D eigenvalue weighted by atomic mass is 9.85. The Hall–Kier alpha value is -3.02. The molecule has 3 aromatic rings. The number of hydrogen-bond acceptors (Lipinski definition) is 4. The van der Waals surface area contributed by atoms with Crippen molar-refractivity contribution in [2.45, 2.75) is 67.0 Å². The molecule has 5 nitrogen and oxygen atoms in total. The van der Waals surface area contributed by atoms with E-state index in [0.29, 0.717) is 23.2 Å². The number of carbonyl (C=O) groups is 1. The molecule has 0 spiro atoms. The van der Waals surface area contributed by atoms with Crippen molar-refractivity contribution in [1.29, 1.82) is 0 Å². The van der Waals surface area contributed by atoms with Crippen LogP contribution in [-0.2, 0) is 35.5 Å². The summed E-state index contributed by atoms with van der Waals surface area (Å²) in [5.74, 6) is -0.643. The second kappa shape index (κ2) is 7.91. The van der Waals surface area contributed by atoms with E-state index >= 15 is 0 Å². The lowest BCUT2D eigenvalue weighted by molar-refractivity contribution is -0.142. The summed E-state index contributed by atoms with van der Waals surface area (Å²) >= 11 is 0. The standard InChI is InChI=1S/C23H21FN2O3.C2H6/c1-11-7-20-22-16(9-26(20)23(28)17(11)10-29-13(3)27)15-6-4-5-14-12(2)18(24)8-19(25-22)21(14)15;1-2/h7-8H,4-6,9-10H2,1-3H3;1-2H3. The molecule has 2 aromatic heterocycles. The number of halogens is 1. The van der Waals surface area contributed by atoms with Crippen molar-refractivity contribution in [2.75, 3.05) is 0 Å². The van der Waals surface area contributed by atoms with Crippen LogP contribution in [0.25, 0.3) is 22.3 Å². The average molecular weight is 423 g/mol. The van der Waals surface area contributed by atoms with Crippen LogP contribution in [0, 0.1) is 19.7 Å². The number of aryl methyl sites for hydroxylation is 3. The van der Waals surface area contributed by atoms with Gasteiger partial charge in [-0.2, -0.15) is 0 Å². The Kier molecular flexibility index (Phi) is 5.42. The van der Waals surface area contributed by atoms with E-state index in [1.165, 1.54) is 18.6 Å². The first-order valence-electron chi connectivity index (χ1n) is 10.9. The molecule has 0 saturated carbocycles. The van der Waals surface area contributed by atoms with Crippen molar-refractivity contribution in [3.63, 3.8) is 0 Å². The molecule has 1 aliphatic heterocycles. The third kappa shape index (κ3) is 3.25. The molecule has 6 heteroatoms. The number of carbonyl (C=O) groups excluding carboxylic acids is 1. The van der Waals surface area contributed by atoms with Crippen molar-refractivity contribution >= 4 is 16.9 Å². The minimum Gasteiger partial charge on any atom is -0.461 e. The Morgan fingerprint density at radius 2 is 1.87 bits per heavy atom. The third-order valence-corrected chi connectivity index (χ3v) is 6.27. The highest BCUT2D eigenvalue weighted by Gasteiger charge is 2.30. The van der Waals surface area contributed by atoms with E-state index in [0.717, 1.165) is 52.7 Å². The summed E-state index contributed by atoms with van der Waals surface area (Å²) in [6.07, 6.45) is 2.72. The number of nitrogens with zero attached hydrogens (tertiary/aromatic N) is 2. The van der Waals surface area contributed by atoms with Gasteiger partial charge >= 0.3 is 5.97 Å². The van der Waals surface area contributed by atoms with Crippen LogP contribution in [-0.4, -0.2) is 15.5 Å². The number of ether oxygens (including phenoxy) is 1. The van der Waals surface area contributed by atoms with Gasteiger partial charge in [-0.1, -0.05) is 13.8 Å². The van der Waals surface area contributed by atoms with E-state index in [1.54, 1.807) is 4.57 Å². The topological polar surface area (TPSA) is 61.2 Å². The molecular formula is C25H27FN2O3.